The van der Waals surface area contributed by atoms with Crippen molar-refractivity contribution in [2.45, 2.75) is 6.92 Å². The molecule has 0 spiro atoms. The van der Waals surface area contributed by atoms with E-state index in [0.29, 0.717) is 15.4 Å². The summed E-state index contributed by atoms with van der Waals surface area (Å²) < 4.78 is 1.25. The van der Waals surface area contributed by atoms with Gasteiger partial charge in [0.1, 0.15) is 4.64 Å². The van der Waals surface area contributed by atoms with Crippen LogP contribution in [0.1, 0.15) is 5.69 Å². The normalized spacial score (nSPS) is 9.80. The Balaban J connectivity index is 3.49. The topological polar surface area (TPSA) is 25.2 Å². The third-order valence-corrected chi connectivity index (χ3v) is 1.95. The molecule has 0 aromatic carbocycles. The Morgan fingerprint density at radius 2 is 2.20 bits per heavy atom. The molecule has 1 heterocycles. The predicted molar refractivity (Wildman–Crippen MR) is 42.2 cm³/mol. The molecule has 0 aliphatic carbocycles. The molecule has 4 heteroatoms. The Labute approximate surface area is 68.6 Å². The highest BCUT2D eigenvalue weighted by molar-refractivity contribution is 7.71. The van der Waals surface area contributed by atoms with Gasteiger partial charge in [-0.1, -0.05) is 23.8 Å². The van der Waals surface area contributed by atoms with E-state index in [2.05, 4.69) is 0 Å². The minimum atomic E-state index is 0.363. The van der Waals surface area contributed by atoms with Crippen molar-refractivity contribution in [3.63, 3.8) is 0 Å². The Kier molecular flexibility index (Phi) is 1.97. The average Bonchev–Trinajstić information content (AvgIpc) is 1.93. The van der Waals surface area contributed by atoms with Gasteiger partial charge in [-0.05, 0) is 19.1 Å². The van der Waals surface area contributed by atoms with Gasteiger partial charge in [0.05, 0.1) is 10.7 Å². The highest BCUT2D eigenvalue weighted by atomic mass is 35.5. The molecule has 10 heavy (non-hydrogen) atoms. The highest BCUT2D eigenvalue weighted by Crippen LogP contribution is 2.12. The van der Waals surface area contributed by atoms with Gasteiger partial charge >= 0.3 is 0 Å². The van der Waals surface area contributed by atoms with Gasteiger partial charge < -0.3 is 5.21 Å². The van der Waals surface area contributed by atoms with E-state index in [-0.39, 0.29) is 0 Å². The second-order valence-electron chi connectivity index (χ2n) is 1.92. The number of halogens is 1. The molecular formula is C6H6ClNOS. The molecule has 0 aliphatic heterocycles. The van der Waals surface area contributed by atoms with E-state index in [4.69, 9.17) is 29.0 Å². The minimum Gasteiger partial charge on any atom is -0.427 e. The molecule has 2 nitrogen and oxygen atoms in total. The first-order valence-corrected chi connectivity index (χ1v) is 3.49. The van der Waals surface area contributed by atoms with E-state index in [9.17, 15) is 0 Å². The van der Waals surface area contributed by atoms with Gasteiger partial charge in [-0.2, -0.15) is 4.73 Å². The summed E-state index contributed by atoms with van der Waals surface area (Å²) in [6.45, 7) is 1.69. The van der Waals surface area contributed by atoms with Crippen molar-refractivity contribution in [3.8, 4) is 0 Å². The Hall–Kier alpha value is -0.540. The van der Waals surface area contributed by atoms with Crippen molar-refractivity contribution in [1.29, 1.82) is 0 Å². The molecule has 54 valence electrons. The van der Waals surface area contributed by atoms with Crippen LogP contribution in [-0.4, -0.2) is 9.94 Å². The maximum atomic E-state index is 9.12. The Bertz CT molecular complexity index is 307. The van der Waals surface area contributed by atoms with Gasteiger partial charge in [0, 0.05) is 0 Å². The van der Waals surface area contributed by atoms with Crippen molar-refractivity contribution in [2.24, 2.45) is 0 Å². The summed E-state index contributed by atoms with van der Waals surface area (Å²) in [6.07, 6.45) is 0. The maximum absolute atomic E-state index is 9.12. The van der Waals surface area contributed by atoms with Crippen LogP contribution in [0.5, 0.6) is 0 Å². The number of aromatic nitrogens is 1. The van der Waals surface area contributed by atoms with Crippen LogP contribution in [0.3, 0.4) is 0 Å². The number of hydrogen-bond donors (Lipinski definition) is 1. The SMILES string of the molecule is Cc1c(Cl)ccc(=S)n1O. The van der Waals surface area contributed by atoms with Crippen LogP contribution >= 0.6 is 23.8 Å². The van der Waals surface area contributed by atoms with Crippen LogP contribution in [0.15, 0.2) is 12.1 Å². The third kappa shape index (κ3) is 1.15. The lowest BCUT2D eigenvalue weighted by atomic mass is 10.4. The summed E-state index contributed by atoms with van der Waals surface area (Å²) in [5.41, 5.74) is 0.564. The lowest BCUT2D eigenvalue weighted by Gasteiger charge is -2.02. The molecule has 0 aliphatic rings. The van der Waals surface area contributed by atoms with Crippen LogP contribution in [0.25, 0.3) is 0 Å². The summed E-state index contributed by atoms with van der Waals surface area (Å²) in [5, 5.41) is 9.63. The molecule has 0 atom stereocenters. The zero-order valence-corrected chi connectivity index (χ0v) is 6.91. The van der Waals surface area contributed by atoms with Crippen LogP contribution in [0.4, 0.5) is 0 Å². The first-order valence-electron chi connectivity index (χ1n) is 2.70. The third-order valence-electron chi connectivity index (χ3n) is 1.24. The molecule has 0 bridgehead atoms. The zero-order chi connectivity index (χ0) is 7.72. The quantitative estimate of drug-likeness (QED) is 0.484. The van der Waals surface area contributed by atoms with Crippen LogP contribution < -0.4 is 0 Å². The monoisotopic (exact) mass is 175 g/mol. The summed E-state index contributed by atoms with van der Waals surface area (Å²) in [5.74, 6) is 0. The van der Waals surface area contributed by atoms with Crippen molar-refractivity contribution >= 4 is 23.8 Å². The zero-order valence-electron chi connectivity index (χ0n) is 5.34. The molecule has 0 fully saturated rings. The molecular weight excluding hydrogens is 170 g/mol. The van der Waals surface area contributed by atoms with Gasteiger partial charge in [0.2, 0.25) is 0 Å². The average molecular weight is 176 g/mol. The minimum absolute atomic E-state index is 0.363. The van der Waals surface area contributed by atoms with Crippen molar-refractivity contribution < 1.29 is 5.21 Å². The predicted octanol–water partition coefficient (Wildman–Crippen LogP) is 2.42. The number of hydrogen-bond acceptors (Lipinski definition) is 2. The molecule has 1 aromatic rings. The second kappa shape index (κ2) is 2.60. The van der Waals surface area contributed by atoms with Crippen molar-refractivity contribution in [1.82, 2.24) is 4.73 Å². The van der Waals surface area contributed by atoms with Gasteiger partial charge in [0.25, 0.3) is 0 Å². The summed E-state index contributed by atoms with van der Waals surface area (Å²) in [4.78, 5) is 0. The maximum Gasteiger partial charge on any atom is 0.142 e. The van der Waals surface area contributed by atoms with Gasteiger partial charge in [0.15, 0.2) is 0 Å². The molecule has 1 N–H and O–H groups in total. The lowest BCUT2D eigenvalue weighted by molar-refractivity contribution is 0.174. The largest absolute Gasteiger partial charge is 0.427 e. The Morgan fingerprint density at radius 3 is 2.70 bits per heavy atom. The van der Waals surface area contributed by atoms with E-state index in [1.165, 1.54) is 0 Å². The first kappa shape index (κ1) is 7.57. The second-order valence-corrected chi connectivity index (χ2v) is 2.74. The van der Waals surface area contributed by atoms with E-state index in [1.807, 2.05) is 0 Å². The number of nitrogens with zero attached hydrogens (tertiary/aromatic N) is 1. The van der Waals surface area contributed by atoms with E-state index >= 15 is 0 Å². The summed E-state index contributed by atoms with van der Waals surface area (Å²) in [6, 6.07) is 3.23. The Morgan fingerprint density at radius 1 is 1.60 bits per heavy atom. The molecule has 0 saturated heterocycles. The van der Waals surface area contributed by atoms with Gasteiger partial charge in [-0.15, -0.1) is 0 Å². The first-order chi connectivity index (χ1) is 4.63. The summed E-state index contributed by atoms with van der Waals surface area (Å²) >= 11 is 10.4. The summed E-state index contributed by atoms with van der Waals surface area (Å²) in [7, 11) is 0. The van der Waals surface area contributed by atoms with Crippen molar-refractivity contribution in [3.05, 3.63) is 27.5 Å². The molecule has 0 unspecified atom stereocenters. The van der Waals surface area contributed by atoms with E-state index in [1.54, 1.807) is 19.1 Å². The highest BCUT2D eigenvalue weighted by Gasteiger charge is 1.97. The van der Waals surface area contributed by atoms with Crippen LogP contribution in [0, 0.1) is 11.6 Å². The fourth-order valence-corrected chi connectivity index (χ4v) is 0.950. The van der Waals surface area contributed by atoms with Crippen molar-refractivity contribution in [2.75, 3.05) is 0 Å². The van der Waals surface area contributed by atoms with Crippen LogP contribution in [-0.2, 0) is 0 Å². The standard InChI is InChI=1S/C6H6ClNOS/c1-4-5(7)2-3-6(10)8(4)9/h2-3,9H,1H3. The van der Waals surface area contributed by atoms with E-state index < -0.39 is 0 Å². The number of pyridine rings is 1. The fourth-order valence-electron chi connectivity index (χ4n) is 0.602. The molecule has 0 radical (unpaired) electrons. The van der Waals surface area contributed by atoms with Gasteiger partial charge in [-0.25, -0.2) is 0 Å². The molecule has 1 aromatic heterocycles. The number of rotatable bonds is 0. The molecule has 0 amide bonds. The molecule has 0 saturated carbocycles. The van der Waals surface area contributed by atoms with Crippen LogP contribution in [0.2, 0.25) is 5.02 Å². The lowest BCUT2D eigenvalue weighted by Crippen LogP contribution is -1.98. The fraction of sp³-hybridized carbons (Fsp3) is 0.167. The smallest absolute Gasteiger partial charge is 0.142 e. The van der Waals surface area contributed by atoms with E-state index in [0.717, 1.165) is 4.73 Å². The van der Waals surface area contributed by atoms with Gasteiger partial charge in [-0.3, -0.25) is 0 Å². The molecule has 1 rings (SSSR count).